The first-order valence-electron chi connectivity index (χ1n) is 7.62. The van der Waals surface area contributed by atoms with E-state index in [1.54, 1.807) is 4.90 Å². The molecule has 0 aromatic heterocycles. The van der Waals surface area contributed by atoms with Crippen LogP contribution in [0.2, 0.25) is 0 Å². The van der Waals surface area contributed by atoms with Crippen molar-refractivity contribution in [3.63, 3.8) is 0 Å². The summed E-state index contributed by atoms with van der Waals surface area (Å²) in [4.78, 5) is 25.9. The van der Waals surface area contributed by atoms with Gasteiger partial charge in [-0.3, -0.25) is 9.59 Å². The Morgan fingerprint density at radius 2 is 1.71 bits per heavy atom. The number of nitrogens with one attached hydrogen (secondary N) is 1. The van der Waals surface area contributed by atoms with E-state index in [0.29, 0.717) is 12.1 Å². The van der Waals surface area contributed by atoms with Crippen LogP contribution in [0.15, 0.2) is 18.2 Å². The molecule has 0 aliphatic carbocycles. The molecule has 0 aliphatic heterocycles. The lowest BCUT2D eigenvalue weighted by Crippen LogP contribution is -2.40. The zero-order valence-corrected chi connectivity index (χ0v) is 13.5. The van der Waals surface area contributed by atoms with Gasteiger partial charge in [-0.05, 0) is 39.3 Å². The maximum atomic E-state index is 12.1. The van der Waals surface area contributed by atoms with Crippen molar-refractivity contribution in [2.24, 2.45) is 0 Å². The molecule has 0 saturated heterocycles. The molecule has 0 bridgehead atoms. The Balaban J connectivity index is 2.57. The molecule has 4 heteroatoms. The minimum absolute atomic E-state index is 0.0244. The van der Waals surface area contributed by atoms with Crippen LogP contribution in [0.25, 0.3) is 0 Å². The highest BCUT2D eigenvalue weighted by Gasteiger charge is 2.13. The molecule has 0 aliphatic rings. The number of unbranched alkanes of at least 4 members (excludes halogenated alkanes) is 1. The number of rotatable bonds is 7. The molecular weight excluding hydrogens is 264 g/mol. The highest BCUT2D eigenvalue weighted by Crippen LogP contribution is 2.08. The third kappa shape index (κ3) is 5.58. The van der Waals surface area contributed by atoms with Crippen molar-refractivity contribution in [1.29, 1.82) is 0 Å². The molecule has 0 radical (unpaired) electrons. The summed E-state index contributed by atoms with van der Waals surface area (Å²) in [7, 11) is 0. The normalized spacial score (nSPS) is 10.3. The summed E-state index contributed by atoms with van der Waals surface area (Å²) in [5.74, 6) is -0.217. The van der Waals surface area contributed by atoms with Crippen LogP contribution in [0.1, 0.15) is 48.2 Å². The first-order valence-corrected chi connectivity index (χ1v) is 7.62. The van der Waals surface area contributed by atoms with Crippen molar-refractivity contribution in [2.75, 3.05) is 19.6 Å². The van der Waals surface area contributed by atoms with E-state index in [9.17, 15) is 9.59 Å². The largest absolute Gasteiger partial charge is 0.343 e. The Hall–Kier alpha value is -1.84. The first kappa shape index (κ1) is 17.2. The molecule has 2 amide bonds. The monoisotopic (exact) mass is 290 g/mol. The fraction of sp³-hybridized carbons (Fsp3) is 0.529. The molecular formula is C17H26N2O2. The number of hydrogen-bond donors (Lipinski definition) is 1. The summed E-state index contributed by atoms with van der Waals surface area (Å²) < 4.78 is 0. The van der Waals surface area contributed by atoms with Crippen LogP contribution in [-0.4, -0.2) is 36.3 Å². The van der Waals surface area contributed by atoms with Crippen LogP contribution in [0.5, 0.6) is 0 Å². The van der Waals surface area contributed by atoms with E-state index in [2.05, 4.69) is 12.2 Å². The second kappa shape index (κ2) is 8.45. The van der Waals surface area contributed by atoms with Crippen molar-refractivity contribution in [1.82, 2.24) is 10.2 Å². The van der Waals surface area contributed by atoms with Crippen LogP contribution < -0.4 is 5.32 Å². The van der Waals surface area contributed by atoms with E-state index < -0.39 is 0 Å². The Kier molecular flexibility index (Phi) is 6.92. The predicted octanol–water partition coefficient (Wildman–Crippen LogP) is 2.68. The van der Waals surface area contributed by atoms with Gasteiger partial charge in [0.1, 0.15) is 0 Å². The number of carbonyl (C=O) groups excluding carboxylic acids is 2. The lowest BCUT2D eigenvalue weighted by molar-refractivity contribution is -0.130. The topological polar surface area (TPSA) is 49.4 Å². The number of likely N-dealkylation sites (N-methyl/N-ethyl adjacent to an activating group) is 1. The van der Waals surface area contributed by atoms with Crippen molar-refractivity contribution >= 4 is 11.8 Å². The predicted molar refractivity (Wildman–Crippen MR) is 85.4 cm³/mol. The Morgan fingerprint density at radius 1 is 1.10 bits per heavy atom. The maximum absolute atomic E-state index is 12.1. The fourth-order valence-corrected chi connectivity index (χ4v) is 2.28. The van der Waals surface area contributed by atoms with E-state index in [1.165, 1.54) is 0 Å². The highest BCUT2D eigenvalue weighted by molar-refractivity contribution is 5.96. The van der Waals surface area contributed by atoms with Crippen LogP contribution in [0, 0.1) is 13.8 Å². The SMILES string of the molecule is CCCCN(CC)C(=O)CNC(=O)c1cc(C)cc(C)c1. The van der Waals surface area contributed by atoms with Crippen LogP contribution in [0.3, 0.4) is 0 Å². The molecule has 0 fully saturated rings. The van der Waals surface area contributed by atoms with Gasteiger partial charge in [0.05, 0.1) is 6.54 Å². The van der Waals surface area contributed by atoms with Gasteiger partial charge >= 0.3 is 0 Å². The van der Waals surface area contributed by atoms with E-state index in [-0.39, 0.29) is 18.4 Å². The summed E-state index contributed by atoms with van der Waals surface area (Å²) >= 11 is 0. The summed E-state index contributed by atoms with van der Waals surface area (Å²) in [5.41, 5.74) is 2.70. The Bertz CT molecular complexity index is 477. The summed E-state index contributed by atoms with van der Waals surface area (Å²) in [6, 6.07) is 5.69. The van der Waals surface area contributed by atoms with Crippen molar-refractivity contribution < 1.29 is 9.59 Å². The number of carbonyl (C=O) groups is 2. The smallest absolute Gasteiger partial charge is 0.251 e. The zero-order chi connectivity index (χ0) is 15.8. The van der Waals surface area contributed by atoms with Gasteiger partial charge < -0.3 is 10.2 Å². The molecule has 1 aromatic rings. The summed E-state index contributed by atoms with van der Waals surface area (Å²) in [5, 5.41) is 2.71. The number of benzene rings is 1. The second-order valence-electron chi connectivity index (χ2n) is 5.39. The van der Waals surface area contributed by atoms with Gasteiger partial charge in [0.25, 0.3) is 5.91 Å². The lowest BCUT2D eigenvalue weighted by atomic mass is 10.1. The molecule has 0 atom stereocenters. The fourth-order valence-electron chi connectivity index (χ4n) is 2.28. The van der Waals surface area contributed by atoms with Gasteiger partial charge in [-0.1, -0.05) is 30.5 Å². The van der Waals surface area contributed by atoms with Crippen LogP contribution in [0.4, 0.5) is 0 Å². The summed E-state index contributed by atoms with van der Waals surface area (Å²) in [6.07, 6.45) is 2.04. The maximum Gasteiger partial charge on any atom is 0.251 e. The minimum atomic E-state index is -0.193. The standard InChI is InChI=1S/C17H26N2O2/c1-5-7-8-19(6-2)16(20)12-18-17(21)15-10-13(3)9-14(4)11-15/h9-11H,5-8,12H2,1-4H3,(H,18,21). The molecule has 1 rings (SSSR count). The highest BCUT2D eigenvalue weighted by atomic mass is 16.2. The van der Waals surface area contributed by atoms with Gasteiger partial charge in [0, 0.05) is 18.7 Å². The average Bonchev–Trinajstić information content (AvgIpc) is 2.44. The Morgan fingerprint density at radius 3 is 2.24 bits per heavy atom. The van der Waals surface area contributed by atoms with Gasteiger partial charge in [0.15, 0.2) is 0 Å². The van der Waals surface area contributed by atoms with Crippen LogP contribution >= 0.6 is 0 Å². The molecule has 21 heavy (non-hydrogen) atoms. The zero-order valence-electron chi connectivity index (χ0n) is 13.5. The van der Waals surface area contributed by atoms with Crippen molar-refractivity contribution in [3.05, 3.63) is 34.9 Å². The number of nitrogens with zero attached hydrogens (tertiary/aromatic N) is 1. The first-order chi connectivity index (χ1) is 9.97. The quantitative estimate of drug-likeness (QED) is 0.839. The minimum Gasteiger partial charge on any atom is -0.343 e. The van der Waals surface area contributed by atoms with E-state index in [1.807, 2.05) is 39.0 Å². The molecule has 0 heterocycles. The van der Waals surface area contributed by atoms with E-state index >= 15 is 0 Å². The third-order valence-electron chi connectivity index (χ3n) is 3.40. The Labute approximate surface area is 127 Å². The molecule has 4 nitrogen and oxygen atoms in total. The summed E-state index contributed by atoms with van der Waals surface area (Å²) in [6.45, 7) is 9.46. The molecule has 0 unspecified atom stereocenters. The average molecular weight is 290 g/mol. The second-order valence-corrected chi connectivity index (χ2v) is 5.39. The molecule has 1 aromatic carbocycles. The molecule has 116 valence electrons. The lowest BCUT2D eigenvalue weighted by Gasteiger charge is -2.20. The van der Waals surface area contributed by atoms with Crippen molar-refractivity contribution in [3.8, 4) is 0 Å². The molecule has 1 N–H and O–H groups in total. The van der Waals surface area contributed by atoms with Crippen molar-refractivity contribution in [2.45, 2.75) is 40.5 Å². The molecule has 0 saturated carbocycles. The van der Waals surface area contributed by atoms with E-state index in [0.717, 1.165) is 30.5 Å². The van der Waals surface area contributed by atoms with E-state index in [4.69, 9.17) is 0 Å². The van der Waals surface area contributed by atoms with Gasteiger partial charge in [-0.25, -0.2) is 0 Å². The van der Waals surface area contributed by atoms with Gasteiger partial charge in [-0.2, -0.15) is 0 Å². The number of amides is 2. The molecule has 0 spiro atoms. The third-order valence-corrected chi connectivity index (χ3v) is 3.40. The number of aryl methyl sites for hydroxylation is 2. The van der Waals surface area contributed by atoms with Gasteiger partial charge in [0.2, 0.25) is 5.91 Å². The number of hydrogen-bond acceptors (Lipinski definition) is 2. The van der Waals surface area contributed by atoms with Crippen LogP contribution in [-0.2, 0) is 4.79 Å². The van der Waals surface area contributed by atoms with Gasteiger partial charge in [-0.15, -0.1) is 0 Å².